The summed E-state index contributed by atoms with van der Waals surface area (Å²) in [6.45, 7) is 8.64. The highest BCUT2D eigenvalue weighted by Crippen LogP contribution is 2.32. The van der Waals surface area contributed by atoms with Gasteiger partial charge in [0.1, 0.15) is 0 Å². The predicted octanol–water partition coefficient (Wildman–Crippen LogP) is 2.99. The maximum atomic E-state index is 5.82. The lowest BCUT2D eigenvalue weighted by Crippen LogP contribution is -2.30. The van der Waals surface area contributed by atoms with Crippen LogP contribution in [-0.4, -0.2) is 24.5 Å². The lowest BCUT2D eigenvalue weighted by atomic mass is 9.90. The Hall–Kier alpha value is 0.100. The van der Waals surface area contributed by atoms with E-state index < -0.39 is 0 Å². The average molecular weight is 303 g/mol. The summed E-state index contributed by atoms with van der Waals surface area (Å²) in [4.78, 5) is 3.97. The zero-order valence-corrected chi connectivity index (χ0v) is 12.3. The van der Waals surface area contributed by atoms with Crippen molar-refractivity contribution in [3.05, 3.63) is 20.3 Å². The third-order valence-corrected chi connectivity index (χ3v) is 5.54. The van der Waals surface area contributed by atoms with E-state index in [1.165, 1.54) is 27.2 Å². The third kappa shape index (κ3) is 2.67. The summed E-state index contributed by atoms with van der Waals surface area (Å²) in [5.41, 5.74) is 7.51. The molecule has 16 heavy (non-hydrogen) atoms. The smallest absolute Gasteiger partial charge is 0.0730 e. The first kappa shape index (κ1) is 12.6. The van der Waals surface area contributed by atoms with Crippen LogP contribution in [0.15, 0.2) is 9.85 Å². The van der Waals surface area contributed by atoms with Crippen LogP contribution < -0.4 is 5.73 Å². The van der Waals surface area contributed by atoms with Gasteiger partial charge in [0.15, 0.2) is 0 Å². The molecular formula is C12H19BrN2S. The molecule has 0 amide bonds. The van der Waals surface area contributed by atoms with Crippen molar-refractivity contribution in [2.45, 2.75) is 26.8 Å². The highest BCUT2D eigenvalue weighted by Gasteiger charge is 2.32. The molecule has 1 fully saturated rings. The second kappa shape index (κ2) is 4.77. The van der Waals surface area contributed by atoms with E-state index in [9.17, 15) is 0 Å². The fourth-order valence-electron chi connectivity index (χ4n) is 2.25. The van der Waals surface area contributed by atoms with E-state index in [-0.39, 0.29) is 0 Å². The highest BCUT2D eigenvalue weighted by molar-refractivity contribution is 9.11. The molecule has 2 N–H and O–H groups in total. The minimum atomic E-state index is 0.337. The van der Waals surface area contributed by atoms with Crippen molar-refractivity contribution in [2.24, 2.45) is 11.1 Å². The maximum Gasteiger partial charge on any atom is 0.0730 e. The molecule has 0 spiro atoms. The van der Waals surface area contributed by atoms with Crippen LogP contribution in [0.1, 0.15) is 23.8 Å². The lowest BCUT2D eigenvalue weighted by Gasteiger charge is -2.22. The summed E-state index contributed by atoms with van der Waals surface area (Å²) in [5.74, 6) is 0. The van der Waals surface area contributed by atoms with Crippen LogP contribution >= 0.6 is 27.3 Å². The first-order valence-corrected chi connectivity index (χ1v) is 7.31. The molecule has 2 rings (SSSR count). The molecule has 1 aromatic rings. The first-order valence-electron chi connectivity index (χ1n) is 5.70. The van der Waals surface area contributed by atoms with Gasteiger partial charge in [-0.05, 0) is 59.4 Å². The van der Waals surface area contributed by atoms with Gasteiger partial charge in [0.05, 0.1) is 3.79 Å². The molecule has 1 unspecified atom stereocenters. The number of rotatable bonds is 3. The summed E-state index contributed by atoms with van der Waals surface area (Å²) in [5, 5.41) is 0. The van der Waals surface area contributed by atoms with Gasteiger partial charge in [-0.1, -0.05) is 6.92 Å². The van der Waals surface area contributed by atoms with Crippen molar-refractivity contribution < 1.29 is 0 Å². The Bertz CT molecular complexity index is 358. The van der Waals surface area contributed by atoms with Gasteiger partial charge in [0.2, 0.25) is 0 Å². The Kier molecular flexibility index (Phi) is 3.74. The Morgan fingerprint density at radius 2 is 2.38 bits per heavy atom. The van der Waals surface area contributed by atoms with Crippen LogP contribution in [0.5, 0.6) is 0 Å². The van der Waals surface area contributed by atoms with Crippen molar-refractivity contribution in [1.29, 1.82) is 0 Å². The molecule has 0 bridgehead atoms. The average Bonchev–Trinajstić information content (AvgIpc) is 2.74. The van der Waals surface area contributed by atoms with Crippen molar-refractivity contribution in [3.8, 4) is 0 Å². The SMILES string of the molecule is Cc1cc(CN2CCC(C)(CN)C2)sc1Br. The van der Waals surface area contributed by atoms with E-state index in [1.807, 2.05) is 11.3 Å². The van der Waals surface area contributed by atoms with Crippen LogP contribution in [0.4, 0.5) is 0 Å². The molecule has 1 atom stereocenters. The number of thiophene rings is 1. The molecule has 2 nitrogen and oxygen atoms in total. The fraction of sp³-hybridized carbons (Fsp3) is 0.667. The first-order chi connectivity index (χ1) is 7.52. The highest BCUT2D eigenvalue weighted by atomic mass is 79.9. The van der Waals surface area contributed by atoms with Crippen LogP contribution in [0.3, 0.4) is 0 Å². The van der Waals surface area contributed by atoms with Crippen LogP contribution in [0.2, 0.25) is 0 Å². The summed E-state index contributed by atoms with van der Waals surface area (Å²) in [6.07, 6.45) is 1.23. The van der Waals surface area contributed by atoms with E-state index in [2.05, 4.69) is 40.7 Å². The zero-order valence-electron chi connectivity index (χ0n) is 9.92. The Labute approximate surface area is 110 Å². The molecule has 90 valence electrons. The van der Waals surface area contributed by atoms with Crippen molar-refractivity contribution in [2.75, 3.05) is 19.6 Å². The summed E-state index contributed by atoms with van der Waals surface area (Å²) in [6, 6.07) is 2.28. The number of hydrogen-bond acceptors (Lipinski definition) is 3. The van der Waals surface area contributed by atoms with Gasteiger partial charge in [0.25, 0.3) is 0 Å². The monoisotopic (exact) mass is 302 g/mol. The standard InChI is InChI=1S/C12H19BrN2S/c1-9-5-10(16-11(9)13)6-15-4-3-12(2,7-14)8-15/h5H,3-4,6-8,14H2,1-2H3. The normalized spacial score (nSPS) is 26.5. The molecular weight excluding hydrogens is 284 g/mol. The predicted molar refractivity (Wildman–Crippen MR) is 73.8 cm³/mol. The second-order valence-corrected chi connectivity index (χ2v) is 7.60. The van der Waals surface area contributed by atoms with Gasteiger partial charge < -0.3 is 5.73 Å². The molecule has 0 radical (unpaired) electrons. The Balaban J connectivity index is 1.97. The van der Waals surface area contributed by atoms with E-state index in [0.29, 0.717) is 5.41 Å². The van der Waals surface area contributed by atoms with E-state index in [0.717, 1.165) is 19.6 Å². The van der Waals surface area contributed by atoms with Gasteiger partial charge in [-0.15, -0.1) is 11.3 Å². The van der Waals surface area contributed by atoms with Gasteiger partial charge in [0, 0.05) is 18.0 Å². The Morgan fingerprint density at radius 3 is 2.88 bits per heavy atom. The molecule has 4 heteroatoms. The van der Waals surface area contributed by atoms with Gasteiger partial charge in [-0.25, -0.2) is 0 Å². The molecule has 2 heterocycles. The largest absolute Gasteiger partial charge is 0.330 e. The van der Waals surface area contributed by atoms with E-state index in [4.69, 9.17) is 5.73 Å². The number of halogens is 1. The maximum absolute atomic E-state index is 5.82. The van der Waals surface area contributed by atoms with Crippen molar-refractivity contribution in [1.82, 2.24) is 4.90 Å². The molecule has 0 aliphatic carbocycles. The minimum Gasteiger partial charge on any atom is -0.330 e. The number of nitrogens with zero attached hydrogens (tertiary/aromatic N) is 1. The topological polar surface area (TPSA) is 29.3 Å². The summed E-state index contributed by atoms with van der Waals surface area (Å²) < 4.78 is 1.27. The number of nitrogens with two attached hydrogens (primary N) is 1. The molecule has 1 saturated heterocycles. The Morgan fingerprint density at radius 1 is 1.62 bits per heavy atom. The van der Waals surface area contributed by atoms with Gasteiger partial charge in [-0.3, -0.25) is 4.90 Å². The summed E-state index contributed by atoms with van der Waals surface area (Å²) in [7, 11) is 0. The van der Waals surface area contributed by atoms with E-state index >= 15 is 0 Å². The number of aryl methyl sites for hydroxylation is 1. The quantitative estimate of drug-likeness (QED) is 0.930. The molecule has 0 saturated carbocycles. The third-order valence-electron chi connectivity index (χ3n) is 3.42. The van der Waals surface area contributed by atoms with Gasteiger partial charge >= 0.3 is 0 Å². The van der Waals surface area contributed by atoms with Crippen molar-refractivity contribution >= 4 is 27.3 Å². The lowest BCUT2D eigenvalue weighted by molar-refractivity contribution is 0.276. The fourth-order valence-corrected chi connectivity index (χ4v) is 3.92. The minimum absolute atomic E-state index is 0.337. The molecule has 1 aliphatic heterocycles. The van der Waals surface area contributed by atoms with Crippen LogP contribution in [-0.2, 0) is 6.54 Å². The molecule has 1 aromatic heterocycles. The summed E-state index contributed by atoms with van der Waals surface area (Å²) >= 11 is 5.43. The second-order valence-electron chi connectivity index (χ2n) is 5.14. The van der Waals surface area contributed by atoms with Gasteiger partial charge in [-0.2, -0.15) is 0 Å². The number of likely N-dealkylation sites (tertiary alicyclic amines) is 1. The molecule has 1 aliphatic rings. The molecule has 0 aromatic carbocycles. The van der Waals surface area contributed by atoms with Crippen LogP contribution in [0, 0.1) is 12.3 Å². The number of hydrogen-bond donors (Lipinski definition) is 1. The zero-order chi connectivity index (χ0) is 11.8. The van der Waals surface area contributed by atoms with Crippen LogP contribution in [0.25, 0.3) is 0 Å². The van der Waals surface area contributed by atoms with Crippen molar-refractivity contribution in [3.63, 3.8) is 0 Å². The van der Waals surface area contributed by atoms with E-state index in [1.54, 1.807) is 0 Å².